The molecule has 0 saturated carbocycles. The number of hydrogen-bond acceptors (Lipinski definition) is 5. The predicted octanol–water partition coefficient (Wildman–Crippen LogP) is 3.38. The lowest BCUT2D eigenvalue weighted by Gasteiger charge is -2.08. The number of nitriles is 1. The van der Waals surface area contributed by atoms with E-state index >= 15 is 0 Å². The van der Waals surface area contributed by atoms with Crippen LogP contribution in [0.3, 0.4) is 0 Å². The number of nitrogens with one attached hydrogen (secondary N) is 2. The number of tetrazole rings is 1. The molecule has 0 unspecified atom stereocenters. The number of benzene rings is 1. The topological polar surface area (TPSA) is 90.3 Å². The van der Waals surface area contributed by atoms with Gasteiger partial charge in [-0.15, -0.1) is 10.2 Å². The van der Waals surface area contributed by atoms with Gasteiger partial charge in [-0.25, -0.2) is 4.39 Å². The first-order valence-electron chi connectivity index (χ1n) is 4.98. The number of halogens is 4. The largest absolute Gasteiger partial charge is 0.359 e. The maximum absolute atomic E-state index is 13.4. The van der Waals surface area contributed by atoms with Gasteiger partial charge in [0, 0.05) is 6.20 Å². The Balaban J connectivity index is 2.34. The van der Waals surface area contributed by atoms with Gasteiger partial charge in [-0.1, -0.05) is 23.2 Å². The zero-order valence-corrected chi connectivity index (χ0v) is 12.6. The van der Waals surface area contributed by atoms with Gasteiger partial charge in [-0.2, -0.15) is 10.5 Å². The van der Waals surface area contributed by atoms with Gasteiger partial charge >= 0.3 is 0 Å². The number of H-pyrrole nitrogens is 1. The third-order valence-electron chi connectivity index (χ3n) is 2.18. The van der Waals surface area contributed by atoms with Gasteiger partial charge in [-0.05, 0) is 27.2 Å². The molecule has 0 aliphatic carbocycles. The van der Waals surface area contributed by atoms with E-state index in [1.807, 2.05) is 6.07 Å². The summed E-state index contributed by atoms with van der Waals surface area (Å²) in [4.78, 5) is 0. The number of aromatic nitrogens is 4. The van der Waals surface area contributed by atoms with Gasteiger partial charge in [0.1, 0.15) is 11.6 Å². The molecule has 0 bridgehead atoms. The minimum Gasteiger partial charge on any atom is -0.359 e. The first-order chi connectivity index (χ1) is 9.54. The summed E-state index contributed by atoms with van der Waals surface area (Å²) in [7, 11) is 0. The molecule has 0 atom stereocenters. The van der Waals surface area contributed by atoms with Crippen molar-refractivity contribution in [1.29, 1.82) is 5.26 Å². The highest BCUT2D eigenvalue weighted by molar-refractivity contribution is 9.10. The molecule has 0 amide bonds. The SMILES string of the molecule is N#CC(=CNc1cc(Cl)c(F)c(Cl)c1Br)c1nn[nH]n1. The number of anilines is 1. The second-order valence-corrected chi connectivity index (χ2v) is 4.98. The molecule has 102 valence electrons. The zero-order chi connectivity index (χ0) is 14.7. The molecule has 2 aromatic rings. The fraction of sp³-hybridized carbons (Fsp3) is 0. The first-order valence-corrected chi connectivity index (χ1v) is 6.53. The summed E-state index contributed by atoms with van der Waals surface area (Å²) in [5.74, 6) is -0.608. The molecule has 0 saturated heterocycles. The molecule has 0 spiro atoms. The summed E-state index contributed by atoms with van der Waals surface area (Å²) < 4.78 is 13.7. The Morgan fingerprint density at radius 1 is 1.55 bits per heavy atom. The Hall–Kier alpha value is -1.69. The highest BCUT2D eigenvalue weighted by Gasteiger charge is 2.14. The van der Waals surface area contributed by atoms with Crippen LogP contribution in [0.15, 0.2) is 16.7 Å². The van der Waals surface area contributed by atoms with Crippen molar-refractivity contribution in [3.63, 3.8) is 0 Å². The molecule has 1 aromatic carbocycles. The predicted molar refractivity (Wildman–Crippen MR) is 75.5 cm³/mol. The molecule has 2 rings (SSSR count). The number of hydrogen-bond donors (Lipinski definition) is 2. The molecule has 1 heterocycles. The summed E-state index contributed by atoms with van der Waals surface area (Å²) >= 11 is 14.6. The lowest BCUT2D eigenvalue weighted by Crippen LogP contribution is -1.95. The molecule has 20 heavy (non-hydrogen) atoms. The molecule has 6 nitrogen and oxygen atoms in total. The van der Waals surface area contributed by atoms with Gasteiger partial charge < -0.3 is 5.32 Å². The number of aromatic amines is 1. The smallest absolute Gasteiger partial charge is 0.216 e. The van der Waals surface area contributed by atoms with Crippen molar-refractivity contribution in [1.82, 2.24) is 20.6 Å². The van der Waals surface area contributed by atoms with E-state index in [9.17, 15) is 4.39 Å². The number of rotatable bonds is 3. The van der Waals surface area contributed by atoms with E-state index in [4.69, 9.17) is 28.5 Å². The van der Waals surface area contributed by atoms with E-state index < -0.39 is 5.82 Å². The fourth-order valence-corrected chi connectivity index (χ4v) is 2.11. The van der Waals surface area contributed by atoms with Crippen LogP contribution >= 0.6 is 39.1 Å². The third-order valence-corrected chi connectivity index (χ3v) is 3.86. The van der Waals surface area contributed by atoms with Crippen molar-refractivity contribution in [2.24, 2.45) is 0 Å². The van der Waals surface area contributed by atoms with Crippen molar-refractivity contribution >= 4 is 50.4 Å². The second-order valence-electron chi connectivity index (χ2n) is 3.40. The van der Waals surface area contributed by atoms with Gasteiger partial charge in [0.05, 0.1) is 20.2 Å². The van der Waals surface area contributed by atoms with Crippen LogP contribution in [0.25, 0.3) is 5.57 Å². The minimum absolute atomic E-state index is 0.121. The summed E-state index contributed by atoms with van der Waals surface area (Å²) in [6.07, 6.45) is 1.33. The molecular formula is C10H4BrCl2FN6. The summed E-state index contributed by atoms with van der Waals surface area (Å²) in [6.45, 7) is 0. The first kappa shape index (κ1) is 14.7. The van der Waals surface area contributed by atoms with Crippen LogP contribution in [0.2, 0.25) is 10.0 Å². The maximum Gasteiger partial charge on any atom is 0.216 e. The number of nitrogens with zero attached hydrogens (tertiary/aromatic N) is 4. The van der Waals surface area contributed by atoms with Crippen LogP contribution in [0.5, 0.6) is 0 Å². The lowest BCUT2D eigenvalue weighted by atomic mass is 10.3. The summed E-state index contributed by atoms with van der Waals surface area (Å²) in [6, 6.07) is 3.22. The van der Waals surface area contributed by atoms with Gasteiger partial charge in [0.15, 0.2) is 5.82 Å². The standard InChI is InChI=1S/C10H4BrCl2FN6/c11-7-6(1-5(12)9(14)8(7)13)16-3-4(2-15)10-17-19-20-18-10/h1,3,16H,(H,17,18,19,20). The molecular weight excluding hydrogens is 374 g/mol. The molecule has 0 radical (unpaired) electrons. The van der Waals surface area contributed by atoms with E-state index in [0.29, 0.717) is 5.69 Å². The van der Waals surface area contributed by atoms with Crippen LogP contribution in [0, 0.1) is 17.1 Å². The second kappa shape index (κ2) is 6.17. The van der Waals surface area contributed by atoms with Crippen LogP contribution in [-0.4, -0.2) is 20.6 Å². The lowest BCUT2D eigenvalue weighted by molar-refractivity contribution is 0.628. The zero-order valence-electron chi connectivity index (χ0n) is 9.46. The monoisotopic (exact) mass is 376 g/mol. The van der Waals surface area contributed by atoms with E-state index in [0.717, 1.165) is 0 Å². The highest BCUT2D eigenvalue weighted by Crippen LogP contribution is 2.37. The normalized spacial score (nSPS) is 11.2. The quantitative estimate of drug-likeness (QED) is 0.486. The van der Waals surface area contributed by atoms with Gasteiger partial charge in [0.2, 0.25) is 5.82 Å². The van der Waals surface area contributed by atoms with E-state index in [2.05, 4.69) is 41.9 Å². The average molecular weight is 378 g/mol. The Kier molecular flexibility index (Phi) is 4.54. The maximum atomic E-state index is 13.4. The molecule has 2 N–H and O–H groups in total. The van der Waals surface area contributed by atoms with E-state index in [1.165, 1.54) is 12.3 Å². The van der Waals surface area contributed by atoms with Crippen molar-refractivity contribution < 1.29 is 4.39 Å². The highest BCUT2D eigenvalue weighted by atomic mass is 79.9. The fourth-order valence-electron chi connectivity index (χ4n) is 1.25. The van der Waals surface area contributed by atoms with Crippen LogP contribution < -0.4 is 5.32 Å². The van der Waals surface area contributed by atoms with Crippen LogP contribution in [0.4, 0.5) is 10.1 Å². The van der Waals surface area contributed by atoms with Crippen LogP contribution in [-0.2, 0) is 0 Å². The molecule has 0 aliphatic rings. The average Bonchev–Trinajstić information content (AvgIpc) is 2.96. The Morgan fingerprint density at radius 2 is 2.30 bits per heavy atom. The third kappa shape index (κ3) is 2.90. The van der Waals surface area contributed by atoms with Crippen molar-refractivity contribution in [2.45, 2.75) is 0 Å². The Bertz CT molecular complexity index is 710. The van der Waals surface area contributed by atoms with Gasteiger partial charge in [-0.3, -0.25) is 0 Å². The number of allylic oxidation sites excluding steroid dienone is 1. The van der Waals surface area contributed by atoms with Crippen molar-refractivity contribution in [3.8, 4) is 6.07 Å². The molecule has 1 aromatic heterocycles. The summed E-state index contributed by atoms with van der Waals surface area (Å²) in [5, 5.41) is 24.4. The van der Waals surface area contributed by atoms with Gasteiger partial charge in [0.25, 0.3) is 0 Å². The molecule has 10 heteroatoms. The molecule has 0 aliphatic heterocycles. The Morgan fingerprint density at radius 3 is 2.90 bits per heavy atom. The minimum atomic E-state index is -0.728. The van der Waals surface area contributed by atoms with E-state index in [1.54, 1.807) is 0 Å². The van der Waals surface area contributed by atoms with Crippen LogP contribution in [0.1, 0.15) is 5.82 Å². The molecule has 0 fully saturated rings. The summed E-state index contributed by atoms with van der Waals surface area (Å²) in [5.41, 5.74) is 0.514. The van der Waals surface area contributed by atoms with Crippen molar-refractivity contribution in [3.05, 3.63) is 38.4 Å². The van der Waals surface area contributed by atoms with E-state index in [-0.39, 0.29) is 25.9 Å². The Labute approximate surface area is 130 Å². The van der Waals surface area contributed by atoms with Crippen molar-refractivity contribution in [2.75, 3.05) is 5.32 Å².